The molecule has 6 heteroatoms. The van der Waals surface area contributed by atoms with E-state index < -0.39 is 6.04 Å². The van der Waals surface area contributed by atoms with Gasteiger partial charge in [0.1, 0.15) is 6.04 Å². The molecule has 1 saturated heterocycles. The number of likely N-dealkylation sites (N-methyl/N-ethyl adjacent to an activating group) is 1. The molecule has 0 aromatic heterocycles. The first-order valence-corrected chi connectivity index (χ1v) is 9.78. The monoisotopic (exact) mass is 379 g/mol. The van der Waals surface area contributed by atoms with Crippen molar-refractivity contribution < 1.29 is 9.59 Å². The van der Waals surface area contributed by atoms with Crippen molar-refractivity contribution in [1.29, 1.82) is 0 Å². The Bertz CT molecular complexity index is 598. The highest BCUT2D eigenvalue weighted by molar-refractivity contribution is 6.30. The van der Waals surface area contributed by atoms with Crippen molar-refractivity contribution >= 4 is 23.4 Å². The van der Waals surface area contributed by atoms with Gasteiger partial charge in [0.2, 0.25) is 5.91 Å². The number of benzene rings is 1. The summed E-state index contributed by atoms with van der Waals surface area (Å²) in [6.45, 7) is 7.92. The molecule has 2 amide bonds. The molecule has 1 unspecified atom stereocenters. The zero-order valence-electron chi connectivity index (χ0n) is 16.0. The van der Waals surface area contributed by atoms with Crippen LogP contribution in [0.4, 0.5) is 0 Å². The van der Waals surface area contributed by atoms with E-state index in [0.717, 1.165) is 19.6 Å². The van der Waals surface area contributed by atoms with Gasteiger partial charge >= 0.3 is 0 Å². The molecule has 144 valence electrons. The van der Waals surface area contributed by atoms with Crippen molar-refractivity contribution in [2.75, 3.05) is 33.2 Å². The van der Waals surface area contributed by atoms with Crippen LogP contribution in [0.1, 0.15) is 43.5 Å². The van der Waals surface area contributed by atoms with E-state index in [1.807, 2.05) is 7.05 Å². The van der Waals surface area contributed by atoms with Crippen LogP contribution in [0.2, 0.25) is 5.02 Å². The van der Waals surface area contributed by atoms with E-state index in [2.05, 4.69) is 24.1 Å². The number of carbonyl (C=O) groups excluding carboxylic acids is 2. The maximum absolute atomic E-state index is 12.9. The Morgan fingerprint density at radius 2 is 1.81 bits per heavy atom. The average molecular weight is 380 g/mol. The molecule has 0 spiro atoms. The smallest absolute Gasteiger partial charge is 0.251 e. The third kappa shape index (κ3) is 6.29. The second-order valence-electron chi connectivity index (χ2n) is 7.47. The van der Waals surface area contributed by atoms with Gasteiger partial charge < -0.3 is 15.1 Å². The molecule has 1 fully saturated rings. The van der Waals surface area contributed by atoms with Crippen molar-refractivity contribution in [3.8, 4) is 0 Å². The van der Waals surface area contributed by atoms with E-state index >= 15 is 0 Å². The molecular weight excluding hydrogens is 350 g/mol. The molecule has 26 heavy (non-hydrogen) atoms. The average Bonchev–Trinajstić information content (AvgIpc) is 3.12. The fourth-order valence-electron chi connectivity index (χ4n) is 3.21. The summed E-state index contributed by atoms with van der Waals surface area (Å²) in [6.07, 6.45) is 3.10. The van der Waals surface area contributed by atoms with E-state index in [-0.39, 0.29) is 11.8 Å². The van der Waals surface area contributed by atoms with Crippen molar-refractivity contribution in [2.24, 2.45) is 5.92 Å². The lowest BCUT2D eigenvalue weighted by Gasteiger charge is -2.27. The second kappa shape index (κ2) is 9.93. The Kier molecular flexibility index (Phi) is 7.91. The number of carbonyl (C=O) groups is 2. The summed E-state index contributed by atoms with van der Waals surface area (Å²) in [6, 6.07) is 6.19. The molecule has 0 saturated carbocycles. The van der Waals surface area contributed by atoms with Crippen LogP contribution in [0.25, 0.3) is 0 Å². The normalized spacial score (nSPS) is 15.9. The minimum atomic E-state index is -0.512. The minimum Gasteiger partial charge on any atom is -0.343 e. The van der Waals surface area contributed by atoms with Gasteiger partial charge in [-0.3, -0.25) is 9.59 Å². The number of hydrogen-bond acceptors (Lipinski definition) is 3. The lowest BCUT2D eigenvalue weighted by molar-refractivity contribution is -0.132. The van der Waals surface area contributed by atoms with Crippen LogP contribution in [0.3, 0.4) is 0 Å². The zero-order valence-corrected chi connectivity index (χ0v) is 16.8. The van der Waals surface area contributed by atoms with Crippen LogP contribution in [0, 0.1) is 5.92 Å². The number of hydrogen-bond donors (Lipinski definition) is 1. The molecule has 0 radical (unpaired) electrons. The fourth-order valence-corrected chi connectivity index (χ4v) is 3.34. The quantitative estimate of drug-likeness (QED) is 0.755. The first-order valence-electron chi connectivity index (χ1n) is 9.40. The molecule has 1 aliphatic heterocycles. The lowest BCUT2D eigenvalue weighted by Crippen LogP contribution is -2.49. The molecule has 2 rings (SSSR count). The molecule has 1 aromatic carbocycles. The Labute approximate surface area is 161 Å². The highest BCUT2D eigenvalue weighted by Gasteiger charge is 2.25. The maximum atomic E-state index is 12.9. The molecule has 1 heterocycles. The van der Waals surface area contributed by atoms with E-state index in [0.29, 0.717) is 29.5 Å². The molecule has 1 aliphatic rings. The predicted molar refractivity (Wildman–Crippen MR) is 105 cm³/mol. The van der Waals surface area contributed by atoms with Crippen LogP contribution < -0.4 is 5.32 Å². The van der Waals surface area contributed by atoms with E-state index in [4.69, 9.17) is 11.6 Å². The van der Waals surface area contributed by atoms with Crippen LogP contribution >= 0.6 is 11.6 Å². The van der Waals surface area contributed by atoms with Gasteiger partial charge in [0.15, 0.2) is 0 Å². The summed E-state index contributed by atoms with van der Waals surface area (Å²) < 4.78 is 0. The lowest BCUT2D eigenvalue weighted by atomic mass is 10.0. The summed E-state index contributed by atoms with van der Waals surface area (Å²) in [4.78, 5) is 29.5. The topological polar surface area (TPSA) is 52.7 Å². The predicted octanol–water partition coefficient (Wildman–Crippen LogP) is 3.04. The van der Waals surface area contributed by atoms with E-state index in [9.17, 15) is 9.59 Å². The Hall–Kier alpha value is -1.59. The minimum absolute atomic E-state index is 0.0276. The van der Waals surface area contributed by atoms with Crippen molar-refractivity contribution in [3.63, 3.8) is 0 Å². The number of halogens is 1. The van der Waals surface area contributed by atoms with Crippen molar-refractivity contribution in [1.82, 2.24) is 15.1 Å². The van der Waals surface area contributed by atoms with Gasteiger partial charge in [-0.05, 0) is 62.5 Å². The molecule has 0 bridgehead atoms. The fraction of sp³-hybridized carbons (Fsp3) is 0.600. The highest BCUT2D eigenvalue weighted by atomic mass is 35.5. The Morgan fingerprint density at radius 3 is 2.38 bits per heavy atom. The number of amides is 2. The van der Waals surface area contributed by atoms with Gasteiger partial charge in [-0.2, -0.15) is 0 Å². The van der Waals surface area contributed by atoms with Gasteiger partial charge in [-0.15, -0.1) is 0 Å². The van der Waals surface area contributed by atoms with Gasteiger partial charge in [-0.1, -0.05) is 25.4 Å². The highest BCUT2D eigenvalue weighted by Crippen LogP contribution is 2.12. The summed E-state index contributed by atoms with van der Waals surface area (Å²) >= 11 is 5.88. The van der Waals surface area contributed by atoms with Gasteiger partial charge in [0.05, 0.1) is 0 Å². The standard InChI is InChI=1S/C20H30ClN3O2/c1-15(2)14-18(22-19(25)16-6-8-17(21)9-7-16)20(26)23(3)12-13-24-10-4-5-11-24/h6-9,15,18H,4-5,10-14H2,1-3H3,(H,22,25). The van der Waals surface area contributed by atoms with Crippen LogP contribution in [-0.2, 0) is 4.79 Å². The molecule has 5 nitrogen and oxygen atoms in total. The van der Waals surface area contributed by atoms with E-state index in [1.54, 1.807) is 29.2 Å². The number of nitrogens with one attached hydrogen (secondary N) is 1. The summed E-state index contributed by atoms with van der Waals surface area (Å²) in [5, 5.41) is 3.49. The van der Waals surface area contributed by atoms with E-state index in [1.165, 1.54) is 12.8 Å². The van der Waals surface area contributed by atoms with Crippen molar-refractivity contribution in [3.05, 3.63) is 34.9 Å². The molecule has 1 aromatic rings. The first-order chi connectivity index (χ1) is 12.4. The SMILES string of the molecule is CC(C)CC(NC(=O)c1ccc(Cl)cc1)C(=O)N(C)CCN1CCCC1. The largest absolute Gasteiger partial charge is 0.343 e. The number of nitrogens with zero attached hydrogens (tertiary/aromatic N) is 2. The van der Waals surface area contributed by atoms with Crippen LogP contribution in [0.5, 0.6) is 0 Å². The van der Waals surface area contributed by atoms with Gasteiger partial charge in [0.25, 0.3) is 5.91 Å². The van der Waals surface area contributed by atoms with Gasteiger partial charge in [-0.25, -0.2) is 0 Å². The molecule has 1 N–H and O–H groups in total. The number of likely N-dealkylation sites (tertiary alicyclic amines) is 1. The maximum Gasteiger partial charge on any atom is 0.251 e. The first kappa shape index (κ1) is 20.7. The zero-order chi connectivity index (χ0) is 19.1. The second-order valence-corrected chi connectivity index (χ2v) is 7.91. The van der Waals surface area contributed by atoms with Crippen molar-refractivity contribution in [2.45, 2.75) is 39.2 Å². The molecular formula is C20H30ClN3O2. The Balaban J connectivity index is 1.96. The van der Waals surface area contributed by atoms with Crippen LogP contribution in [-0.4, -0.2) is 60.9 Å². The summed E-state index contributed by atoms with van der Waals surface area (Å²) in [5.74, 6) is 0.0373. The third-order valence-corrected chi connectivity index (χ3v) is 5.00. The molecule has 0 aliphatic carbocycles. The Morgan fingerprint density at radius 1 is 1.19 bits per heavy atom. The molecule has 1 atom stereocenters. The third-order valence-electron chi connectivity index (χ3n) is 4.74. The van der Waals surface area contributed by atoms with Crippen LogP contribution in [0.15, 0.2) is 24.3 Å². The van der Waals surface area contributed by atoms with Gasteiger partial charge in [0, 0.05) is 30.7 Å². The summed E-state index contributed by atoms with van der Waals surface area (Å²) in [5.41, 5.74) is 0.510. The summed E-state index contributed by atoms with van der Waals surface area (Å²) in [7, 11) is 1.82. The number of rotatable bonds is 8.